The number of furan rings is 1. The summed E-state index contributed by atoms with van der Waals surface area (Å²) in [5.74, 6) is 0.405. The van der Waals surface area contributed by atoms with Crippen LogP contribution in [0.1, 0.15) is 16.2 Å². The van der Waals surface area contributed by atoms with Gasteiger partial charge in [0.05, 0.1) is 12.8 Å². The zero-order valence-electron chi connectivity index (χ0n) is 9.21. The second-order valence-corrected chi connectivity index (χ2v) is 3.55. The van der Waals surface area contributed by atoms with Crippen molar-refractivity contribution in [1.29, 1.82) is 0 Å². The molecule has 1 amide bonds. The molecule has 0 unspecified atom stereocenters. The lowest BCUT2D eigenvalue weighted by Crippen LogP contribution is -2.27. The molecule has 0 aliphatic rings. The number of carbonyl (C=O) groups is 1. The molecule has 6 heteroatoms. The first-order chi connectivity index (χ1) is 8.16. The molecule has 2 rings (SSSR count). The van der Waals surface area contributed by atoms with Crippen molar-refractivity contribution >= 4 is 5.91 Å². The maximum atomic E-state index is 11.9. The predicted octanol–water partition coefficient (Wildman–Crippen LogP) is 0.635. The highest BCUT2D eigenvalue weighted by Gasteiger charge is 2.14. The SMILES string of the molecule is CN(Cc1ccco1)C(=O)c1ccc(=O)[nH]n1. The van der Waals surface area contributed by atoms with E-state index in [9.17, 15) is 9.59 Å². The van der Waals surface area contributed by atoms with Gasteiger partial charge in [-0.05, 0) is 18.2 Å². The minimum absolute atomic E-state index is 0.193. The molecule has 0 aliphatic heterocycles. The average molecular weight is 233 g/mol. The van der Waals surface area contributed by atoms with E-state index in [4.69, 9.17) is 4.42 Å². The number of rotatable bonds is 3. The molecule has 2 aromatic rings. The molecule has 1 N–H and O–H groups in total. The lowest BCUT2D eigenvalue weighted by atomic mass is 10.3. The number of nitrogens with one attached hydrogen (secondary N) is 1. The van der Waals surface area contributed by atoms with Crippen LogP contribution in [-0.4, -0.2) is 28.1 Å². The number of H-pyrrole nitrogens is 1. The van der Waals surface area contributed by atoms with Crippen LogP contribution in [0.3, 0.4) is 0 Å². The predicted molar refractivity (Wildman–Crippen MR) is 59.4 cm³/mol. The highest BCUT2D eigenvalue weighted by Crippen LogP contribution is 2.06. The van der Waals surface area contributed by atoms with Gasteiger partial charge >= 0.3 is 0 Å². The van der Waals surface area contributed by atoms with E-state index in [1.807, 2.05) is 0 Å². The van der Waals surface area contributed by atoms with Gasteiger partial charge in [0.1, 0.15) is 11.5 Å². The molecule has 0 radical (unpaired) electrons. The lowest BCUT2D eigenvalue weighted by Gasteiger charge is -2.14. The average Bonchev–Trinajstić information content (AvgIpc) is 2.82. The van der Waals surface area contributed by atoms with Crippen LogP contribution in [0, 0.1) is 0 Å². The second-order valence-electron chi connectivity index (χ2n) is 3.55. The Morgan fingerprint density at radius 3 is 2.88 bits per heavy atom. The number of hydrogen-bond acceptors (Lipinski definition) is 4. The first-order valence-corrected chi connectivity index (χ1v) is 5.00. The number of carbonyl (C=O) groups excluding carboxylic acids is 1. The second kappa shape index (κ2) is 4.65. The van der Waals surface area contributed by atoms with Gasteiger partial charge in [-0.3, -0.25) is 9.59 Å². The highest BCUT2D eigenvalue weighted by molar-refractivity contribution is 5.91. The molecule has 2 aromatic heterocycles. The normalized spacial score (nSPS) is 10.2. The third-order valence-electron chi connectivity index (χ3n) is 2.22. The maximum absolute atomic E-state index is 11.9. The van der Waals surface area contributed by atoms with Crippen LogP contribution in [0.2, 0.25) is 0 Å². The number of aromatic amines is 1. The van der Waals surface area contributed by atoms with Crippen LogP contribution in [0.4, 0.5) is 0 Å². The van der Waals surface area contributed by atoms with Crippen molar-refractivity contribution in [2.24, 2.45) is 0 Å². The zero-order valence-corrected chi connectivity index (χ0v) is 9.21. The van der Waals surface area contributed by atoms with Gasteiger partial charge in [0.15, 0.2) is 0 Å². The van der Waals surface area contributed by atoms with Crippen molar-refractivity contribution in [3.05, 3.63) is 52.3 Å². The van der Waals surface area contributed by atoms with Crippen molar-refractivity contribution in [2.75, 3.05) is 7.05 Å². The summed E-state index contributed by atoms with van der Waals surface area (Å²) in [7, 11) is 1.64. The van der Waals surface area contributed by atoms with E-state index >= 15 is 0 Å². The van der Waals surface area contributed by atoms with Crippen molar-refractivity contribution in [1.82, 2.24) is 15.1 Å². The Morgan fingerprint density at radius 1 is 1.47 bits per heavy atom. The minimum atomic E-state index is -0.338. The largest absolute Gasteiger partial charge is 0.467 e. The molecule has 0 saturated heterocycles. The minimum Gasteiger partial charge on any atom is -0.467 e. The zero-order chi connectivity index (χ0) is 12.3. The number of hydrogen-bond donors (Lipinski definition) is 1. The van der Waals surface area contributed by atoms with Gasteiger partial charge in [-0.25, -0.2) is 5.10 Å². The molecular formula is C11H11N3O3. The molecule has 88 valence electrons. The Morgan fingerprint density at radius 2 is 2.29 bits per heavy atom. The quantitative estimate of drug-likeness (QED) is 0.843. The van der Waals surface area contributed by atoms with Gasteiger partial charge in [0.2, 0.25) is 0 Å². The topological polar surface area (TPSA) is 79.2 Å². The first kappa shape index (κ1) is 11.1. The molecule has 6 nitrogen and oxygen atoms in total. The molecule has 17 heavy (non-hydrogen) atoms. The summed E-state index contributed by atoms with van der Waals surface area (Å²) in [5.41, 5.74) is -0.145. The van der Waals surface area contributed by atoms with Gasteiger partial charge in [0, 0.05) is 13.1 Å². The van der Waals surface area contributed by atoms with E-state index in [1.54, 1.807) is 25.4 Å². The van der Waals surface area contributed by atoms with Gasteiger partial charge in [-0.15, -0.1) is 0 Å². The highest BCUT2D eigenvalue weighted by atomic mass is 16.3. The molecule has 0 fully saturated rings. The summed E-state index contributed by atoms with van der Waals surface area (Å²) >= 11 is 0. The molecular weight excluding hydrogens is 222 g/mol. The molecule has 0 atom stereocenters. The van der Waals surface area contributed by atoms with Gasteiger partial charge in [-0.1, -0.05) is 0 Å². The van der Waals surface area contributed by atoms with Crippen LogP contribution in [0.25, 0.3) is 0 Å². The molecule has 0 saturated carbocycles. The number of amides is 1. The Labute approximate surface area is 96.9 Å². The third kappa shape index (κ3) is 2.60. The van der Waals surface area contributed by atoms with Crippen molar-refractivity contribution in [2.45, 2.75) is 6.54 Å². The summed E-state index contributed by atoms with van der Waals surface area (Å²) in [4.78, 5) is 24.2. The van der Waals surface area contributed by atoms with Crippen molar-refractivity contribution in [3.63, 3.8) is 0 Å². The third-order valence-corrected chi connectivity index (χ3v) is 2.22. The van der Waals surface area contributed by atoms with E-state index in [1.165, 1.54) is 17.0 Å². The van der Waals surface area contributed by atoms with Crippen molar-refractivity contribution in [3.8, 4) is 0 Å². The van der Waals surface area contributed by atoms with Crippen molar-refractivity contribution < 1.29 is 9.21 Å². The fourth-order valence-electron chi connectivity index (χ4n) is 1.37. The van der Waals surface area contributed by atoms with Gasteiger partial charge in [0.25, 0.3) is 11.5 Å². The van der Waals surface area contributed by atoms with E-state index in [0.29, 0.717) is 12.3 Å². The standard InChI is InChI=1S/C11H11N3O3/c1-14(7-8-3-2-6-17-8)11(16)9-4-5-10(15)13-12-9/h2-6H,7H2,1H3,(H,13,15). The first-order valence-electron chi connectivity index (χ1n) is 5.00. The molecule has 0 aromatic carbocycles. The van der Waals surface area contributed by atoms with Gasteiger partial charge in [-0.2, -0.15) is 5.10 Å². The van der Waals surface area contributed by atoms with E-state index in [2.05, 4.69) is 10.2 Å². The fourth-order valence-corrected chi connectivity index (χ4v) is 1.37. The number of nitrogens with zero attached hydrogens (tertiary/aromatic N) is 2. The number of aromatic nitrogens is 2. The summed E-state index contributed by atoms with van der Waals surface area (Å²) in [6, 6.07) is 6.19. The Balaban J connectivity index is 2.09. The van der Waals surface area contributed by atoms with E-state index in [0.717, 1.165) is 0 Å². The fraction of sp³-hybridized carbons (Fsp3) is 0.182. The van der Waals surface area contributed by atoms with E-state index < -0.39 is 0 Å². The van der Waals surface area contributed by atoms with Crippen LogP contribution in [-0.2, 0) is 6.54 Å². The summed E-state index contributed by atoms with van der Waals surface area (Å²) in [6.45, 7) is 0.354. The molecule has 2 heterocycles. The van der Waals surface area contributed by atoms with Crippen LogP contribution >= 0.6 is 0 Å². The van der Waals surface area contributed by atoms with E-state index in [-0.39, 0.29) is 17.2 Å². The van der Waals surface area contributed by atoms with Gasteiger partial charge < -0.3 is 9.32 Å². The lowest BCUT2D eigenvalue weighted by molar-refractivity contribution is 0.0768. The summed E-state index contributed by atoms with van der Waals surface area (Å²) in [6.07, 6.45) is 1.55. The summed E-state index contributed by atoms with van der Waals surface area (Å²) < 4.78 is 5.14. The van der Waals surface area contributed by atoms with Crippen LogP contribution < -0.4 is 5.56 Å². The Hall–Kier alpha value is -2.37. The monoisotopic (exact) mass is 233 g/mol. The molecule has 0 spiro atoms. The van der Waals surface area contributed by atoms with Crippen LogP contribution in [0.15, 0.2) is 39.7 Å². The smallest absolute Gasteiger partial charge is 0.274 e. The molecule has 0 aliphatic carbocycles. The Kier molecular flexibility index (Phi) is 3.04. The Bertz CT molecular complexity index is 539. The maximum Gasteiger partial charge on any atom is 0.274 e. The van der Waals surface area contributed by atoms with Crippen LogP contribution in [0.5, 0.6) is 0 Å². The molecule has 0 bridgehead atoms. The summed E-state index contributed by atoms with van der Waals surface area (Å²) in [5, 5.41) is 5.89.